The minimum absolute atomic E-state index is 0.0204. The normalized spacial score (nSPS) is 45.9. The molecule has 6 nitrogen and oxygen atoms in total. The molecule has 1 heterocycles. The van der Waals surface area contributed by atoms with E-state index in [2.05, 4.69) is 18.7 Å². The Bertz CT molecular complexity index is 869. The first-order valence-corrected chi connectivity index (χ1v) is 14.8. The molecule has 1 aliphatic heterocycles. The fraction of sp³-hybridized carbons (Fsp3) is 0.893. The Morgan fingerprint density at radius 2 is 1.80 bits per heavy atom. The van der Waals surface area contributed by atoms with Crippen LogP contribution in [0.1, 0.15) is 72.1 Å². The molecule has 0 aromatic heterocycles. The lowest BCUT2D eigenvalue weighted by Crippen LogP contribution is -2.59. The van der Waals surface area contributed by atoms with E-state index >= 15 is 0 Å². The zero-order chi connectivity index (χ0) is 25.0. The van der Waals surface area contributed by atoms with Crippen molar-refractivity contribution in [1.82, 2.24) is 4.90 Å². The van der Waals surface area contributed by atoms with Crippen LogP contribution in [0.15, 0.2) is 0 Å². The molecule has 4 saturated carbocycles. The smallest absolute Gasteiger partial charge is 0.203 e. The molecule has 5 rings (SSSR count). The molecule has 0 amide bonds. The molecular weight excluding hydrogens is 462 g/mol. The molecule has 5 fully saturated rings. The molecule has 35 heavy (non-hydrogen) atoms. The molecule has 0 unspecified atom stereocenters. The van der Waals surface area contributed by atoms with Gasteiger partial charge in [0.15, 0.2) is 0 Å². The van der Waals surface area contributed by atoms with Gasteiger partial charge in [-0.2, -0.15) is 0 Å². The minimum atomic E-state index is -0.606. The zero-order valence-electron chi connectivity index (χ0n) is 21.7. The van der Waals surface area contributed by atoms with Crippen molar-refractivity contribution in [2.45, 2.75) is 77.7 Å². The lowest BCUT2D eigenvalue weighted by molar-refractivity contribution is -0.168. The van der Waals surface area contributed by atoms with Gasteiger partial charge < -0.3 is 9.84 Å². The summed E-state index contributed by atoms with van der Waals surface area (Å²) in [4.78, 5) is 41.8. The molecule has 1 N–H and O–H groups in total. The van der Waals surface area contributed by atoms with E-state index in [0.29, 0.717) is 49.7 Å². The molecule has 4 aliphatic carbocycles. The van der Waals surface area contributed by atoms with Gasteiger partial charge in [-0.05, 0) is 80.5 Å². The first kappa shape index (κ1) is 25.9. The number of hydrogen-bond donors (Lipinski definition) is 1. The zero-order valence-corrected chi connectivity index (χ0v) is 22.5. The predicted molar refractivity (Wildman–Crippen MR) is 136 cm³/mol. The number of aliphatic hydroxyl groups is 1. The summed E-state index contributed by atoms with van der Waals surface area (Å²) in [6.45, 7) is 9.70. The number of nitrogens with zero attached hydrogens (tertiary/aromatic N) is 1. The Balaban J connectivity index is 1.24. The molecule has 5 aliphatic rings. The van der Waals surface area contributed by atoms with E-state index in [1.165, 1.54) is 0 Å². The first-order chi connectivity index (χ1) is 16.5. The van der Waals surface area contributed by atoms with E-state index in [9.17, 15) is 19.5 Å². The fourth-order valence-corrected chi connectivity index (χ4v) is 9.79. The summed E-state index contributed by atoms with van der Waals surface area (Å²) >= 11 is 1.16. The molecule has 0 bridgehead atoms. The summed E-state index contributed by atoms with van der Waals surface area (Å²) in [6.07, 6.45) is 6.99. The second kappa shape index (κ2) is 9.52. The van der Waals surface area contributed by atoms with Gasteiger partial charge in [0.1, 0.15) is 11.6 Å². The van der Waals surface area contributed by atoms with Crippen LogP contribution in [-0.2, 0) is 19.1 Å². The van der Waals surface area contributed by atoms with E-state index in [1.807, 2.05) is 6.92 Å². The fourth-order valence-electron chi connectivity index (χ4n) is 9.01. The van der Waals surface area contributed by atoms with Crippen molar-refractivity contribution in [3.05, 3.63) is 0 Å². The van der Waals surface area contributed by atoms with Crippen LogP contribution >= 0.6 is 11.8 Å². The maximum Gasteiger partial charge on any atom is 0.203 e. The highest BCUT2D eigenvalue weighted by Gasteiger charge is 2.64. The molecular formula is C28H43NO5S. The van der Waals surface area contributed by atoms with Gasteiger partial charge in [0.2, 0.25) is 5.12 Å². The van der Waals surface area contributed by atoms with Crippen LogP contribution in [0.2, 0.25) is 0 Å². The SMILES string of the molecule is C[C@@]1(O)CC[C@@]2(C)[C@@H](CC[C@H]3[C@@H]4CC[C@H](C(=O)CSC(=O)CN5CCOCC5)[C@@]4(C)CC(=O)[C@@H]32)C1. The third-order valence-corrected chi connectivity index (χ3v) is 11.7. The summed E-state index contributed by atoms with van der Waals surface area (Å²) in [5.74, 6) is 1.90. The van der Waals surface area contributed by atoms with Crippen LogP contribution in [0, 0.1) is 40.4 Å². The van der Waals surface area contributed by atoms with Gasteiger partial charge in [-0.25, -0.2) is 0 Å². The third kappa shape index (κ3) is 4.68. The molecule has 0 aromatic rings. The first-order valence-electron chi connectivity index (χ1n) is 13.8. The standard InChI is InChI=1S/C28H43NO5S/c1-26(33)8-9-27(2)18(14-26)4-5-19-20-6-7-21(28(20,3)15-22(30)25(19)27)23(31)17-35-24(32)16-29-10-12-34-13-11-29/h18-21,25,33H,4-17H2,1-3H3/t18-,19-,20-,21+,25+,26+,27-,28-/m0/s1. The number of carbonyl (C=O) groups is 3. The van der Waals surface area contributed by atoms with Crippen molar-refractivity contribution in [3.8, 4) is 0 Å². The maximum atomic E-state index is 13.8. The van der Waals surface area contributed by atoms with Crippen molar-refractivity contribution < 1.29 is 24.2 Å². The van der Waals surface area contributed by atoms with Gasteiger partial charge in [-0.1, -0.05) is 25.6 Å². The molecule has 8 atom stereocenters. The van der Waals surface area contributed by atoms with Crippen molar-refractivity contribution in [2.75, 3.05) is 38.6 Å². The Kier molecular flexibility index (Phi) is 7.04. The number of thioether (sulfide) groups is 1. The Hall–Kier alpha value is -0.760. The van der Waals surface area contributed by atoms with E-state index < -0.39 is 5.60 Å². The topological polar surface area (TPSA) is 83.9 Å². The maximum absolute atomic E-state index is 13.8. The summed E-state index contributed by atoms with van der Waals surface area (Å²) in [5, 5.41) is 10.8. The average molecular weight is 506 g/mol. The van der Waals surface area contributed by atoms with Crippen molar-refractivity contribution in [1.29, 1.82) is 0 Å². The predicted octanol–water partition coefficient (Wildman–Crippen LogP) is 3.74. The van der Waals surface area contributed by atoms with Gasteiger partial charge in [0.25, 0.3) is 0 Å². The Morgan fingerprint density at radius 3 is 2.54 bits per heavy atom. The summed E-state index contributed by atoms with van der Waals surface area (Å²) in [5.41, 5.74) is -0.898. The summed E-state index contributed by atoms with van der Waals surface area (Å²) in [7, 11) is 0. The number of ether oxygens (including phenoxy) is 1. The Labute approximate surface area is 214 Å². The van der Waals surface area contributed by atoms with Crippen LogP contribution < -0.4 is 0 Å². The largest absolute Gasteiger partial charge is 0.390 e. The number of rotatable bonds is 5. The van der Waals surface area contributed by atoms with Crippen LogP contribution in [0.25, 0.3) is 0 Å². The van der Waals surface area contributed by atoms with E-state index in [-0.39, 0.29) is 39.3 Å². The van der Waals surface area contributed by atoms with Gasteiger partial charge in [0, 0.05) is 31.3 Å². The number of morpholine rings is 1. The summed E-state index contributed by atoms with van der Waals surface area (Å²) < 4.78 is 5.35. The van der Waals surface area contributed by atoms with Crippen LogP contribution in [-0.4, -0.2) is 70.9 Å². The van der Waals surface area contributed by atoms with Gasteiger partial charge in [-0.3, -0.25) is 19.3 Å². The highest BCUT2D eigenvalue weighted by Crippen LogP contribution is 2.67. The van der Waals surface area contributed by atoms with Gasteiger partial charge >= 0.3 is 0 Å². The number of Topliss-reactive ketones (excluding diaryl/α,β-unsaturated/α-hetero) is 2. The lowest BCUT2D eigenvalue weighted by atomic mass is 9.43. The highest BCUT2D eigenvalue weighted by molar-refractivity contribution is 8.14. The van der Waals surface area contributed by atoms with Crippen molar-refractivity contribution >= 4 is 28.4 Å². The second-order valence-electron chi connectivity index (χ2n) is 13.0. The van der Waals surface area contributed by atoms with Gasteiger partial charge in [0.05, 0.1) is 31.1 Å². The molecule has 0 radical (unpaired) electrons. The number of ketones is 2. The van der Waals surface area contributed by atoms with E-state index in [4.69, 9.17) is 4.74 Å². The Morgan fingerprint density at radius 1 is 1.06 bits per heavy atom. The molecule has 196 valence electrons. The van der Waals surface area contributed by atoms with E-state index in [0.717, 1.165) is 69.8 Å². The minimum Gasteiger partial charge on any atom is -0.390 e. The number of hydrogen-bond acceptors (Lipinski definition) is 7. The number of carbonyl (C=O) groups excluding carboxylic acids is 3. The molecule has 1 saturated heterocycles. The molecule has 7 heteroatoms. The summed E-state index contributed by atoms with van der Waals surface area (Å²) in [6, 6.07) is 0. The van der Waals surface area contributed by atoms with Crippen LogP contribution in [0.4, 0.5) is 0 Å². The van der Waals surface area contributed by atoms with Crippen LogP contribution in [0.3, 0.4) is 0 Å². The highest BCUT2D eigenvalue weighted by atomic mass is 32.2. The van der Waals surface area contributed by atoms with Gasteiger partial charge in [-0.15, -0.1) is 0 Å². The van der Waals surface area contributed by atoms with Crippen molar-refractivity contribution in [3.63, 3.8) is 0 Å². The number of fused-ring (bicyclic) bond motifs is 5. The lowest BCUT2D eigenvalue weighted by Gasteiger charge is -2.60. The monoisotopic (exact) mass is 505 g/mol. The molecule has 0 spiro atoms. The average Bonchev–Trinajstić information content (AvgIpc) is 3.15. The van der Waals surface area contributed by atoms with E-state index in [1.54, 1.807) is 0 Å². The van der Waals surface area contributed by atoms with Crippen molar-refractivity contribution in [2.24, 2.45) is 40.4 Å². The molecule has 0 aromatic carbocycles. The quantitative estimate of drug-likeness (QED) is 0.609. The third-order valence-electron chi connectivity index (χ3n) is 10.9. The van der Waals surface area contributed by atoms with Crippen LogP contribution in [0.5, 0.6) is 0 Å². The second-order valence-corrected chi connectivity index (χ2v) is 14.1.